The summed E-state index contributed by atoms with van der Waals surface area (Å²) in [7, 11) is 0. The molecule has 3 heterocycles. The molecule has 0 aliphatic carbocycles. The van der Waals surface area contributed by atoms with E-state index in [1.165, 1.54) is 11.1 Å². The summed E-state index contributed by atoms with van der Waals surface area (Å²) < 4.78 is 9.71. The molecule has 1 aliphatic rings. The molecular weight excluding hydrogens is 306 g/mol. The lowest BCUT2D eigenvalue weighted by molar-refractivity contribution is -0.121. The maximum atomic E-state index is 11.7. The number of rotatable bonds is 5. The number of pyridine rings is 1. The first-order valence-corrected chi connectivity index (χ1v) is 6.82. The van der Waals surface area contributed by atoms with Gasteiger partial charge in [0.05, 0.1) is 18.7 Å². The van der Waals surface area contributed by atoms with E-state index in [1.54, 1.807) is 12.1 Å². The number of hydrogen-bond acceptors (Lipinski definition) is 7. The van der Waals surface area contributed by atoms with Gasteiger partial charge in [0.1, 0.15) is 13.2 Å². The van der Waals surface area contributed by atoms with Crippen molar-refractivity contribution in [3.8, 4) is 11.4 Å². The number of nitrogens with zero attached hydrogens (tertiary/aromatic N) is 3. The highest BCUT2D eigenvalue weighted by molar-refractivity contribution is 5.82. The van der Waals surface area contributed by atoms with Gasteiger partial charge in [-0.05, 0) is 12.1 Å². The number of cyclic esters (lactones) is 1. The van der Waals surface area contributed by atoms with Crippen molar-refractivity contribution in [2.75, 3.05) is 19.7 Å². The molecule has 2 amide bonds. The van der Waals surface area contributed by atoms with Crippen LogP contribution in [0.4, 0.5) is 4.79 Å². The summed E-state index contributed by atoms with van der Waals surface area (Å²) in [6.45, 7) is 0.566. The number of H-pyrrole nitrogens is 1. The Balaban J connectivity index is 1.57. The van der Waals surface area contributed by atoms with E-state index >= 15 is 0 Å². The largest absolute Gasteiger partial charge is 0.448 e. The highest BCUT2D eigenvalue weighted by Gasteiger charge is 2.24. The summed E-state index contributed by atoms with van der Waals surface area (Å²) >= 11 is 0. The summed E-state index contributed by atoms with van der Waals surface area (Å²) in [6, 6.07) is 3.20. The minimum atomic E-state index is -0.511. The molecule has 1 saturated heterocycles. The van der Waals surface area contributed by atoms with Crippen molar-refractivity contribution < 1.29 is 18.8 Å². The number of carbonyl (C=O) groups excluding carboxylic acids is 2. The summed E-state index contributed by atoms with van der Waals surface area (Å²) in [4.78, 5) is 42.4. The number of amides is 2. The number of carbonyl (C=O) groups is 2. The second-order valence-electron chi connectivity index (χ2n) is 4.74. The molecular formula is C13H13N5O5. The first kappa shape index (κ1) is 14.8. The molecule has 0 bridgehead atoms. The van der Waals surface area contributed by atoms with Crippen molar-refractivity contribution in [3.63, 3.8) is 0 Å². The summed E-state index contributed by atoms with van der Waals surface area (Å²) in [5.74, 6) is -0.0824. The zero-order chi connectivity index (χ0) is 16.2. The van der Waals surface area contributed by atoms with Crippen LogP contribution in [0.15, 0.2) is 27.6 Å². The van der Waals surface area contributed by atoms with Crippen LogP contribution in [0.1, 0.15) is 5.89 Å². The van der Waals surface area contributed by atoms with E-state index in [1.807, 2.05) is 0 Å². The molecule has 120 valence electrons. The fourth-order valence-electron chi connectivity index (χ4n) is 2.01. The Hall–Kier alpha value is -3.17. The molecule has 0 unspecified atom stereocenters. The Kier molecular flexibility index (Phi) is 4.04. The van der Waals surface area contributed by atoms with Crippen LogP contribution in [0.25, 0.3) is 11.4 Å². The van der Waals surface area contributed by atoms with E-state index in [0.717, 1.165) is 0 Å². The highest BCUT2D eigenvalue weighted by Crippen LogP contribution is 2.10. The molecule has 0 aromatic carbocycles. The van der Waals surface area contributed by atoms with Crippen molar-refractivity contribution in [2.24, 2.45) is 0 Å². The van der Waals surface area contributed by atoms with Crippen LogP contribution >= 0.6 is 0 Å². The smallest absolute Gasteiger partial charge is 0.410 e. The lowest BCUT2D eigenvalue weighted by Gasteiger charge is -2.11. The molecule has 2 N–H and O–H groups in total. The number of aromatic nitrogens is 3. The molecule has 0 radical (unpaired) electrons. The van der Waals surface area contributed by atoms with Gasteiger partial charge in [-0.1, -0.05) is 5.16 Å². The third-order valence-corrected chi connectivity index (χ3v) is 3.14. The minimum absolute atomic E-state index is 0.000536. The lowest BCUT2D eigenvalue weighted by Crippen LogP contribution is -2.37. The fraction of sp³-hybridized carbons (Fsp3) is 0.308. The Bertz CT molecular complexity index is 783. The quantitative estimate of drug-likeness (QED) is 0.759. The predicted octanol–water partition coefficient (Wildman–Crippen LogP) is -0.507. The van der Waals surface area contributed by atoms with Crippen molar-refractivity contribution in [1.82, 2.24) is 25.3 Å². The van der Waals surface area contributed by atoms with Crippen LogP contribution in [0.2, 0.25) is 0 Å². The first-order chi connectivity index (χ1) is 11.1. The number of nitrogens with one attached hydrogen (secondary N) is 2. The fourth-order valence-corrected chi connectivity index (χ4v) is 2.01. The summed E-state index contributed by atoms with van der Waals surface area (Å²) in [5, 5.41) is 6.25. The van der Waals surface area contributed by atoms with Gasteiger partial charge in [0, 0.05) is 6.20 Å². The molecule has 23 heavy (non-hydrogen) atoms. The van der Waals surface area contributed by atoms with Crippen molar-refractivity contribution in [2.45, 2.75) is 6.54 Å². The van der Waals surface area contributed by atoms with Crippen LogP contribution in [0.3, 0.4) is 0 Å². The predicted molar refractivity (Wildman–Crippen MR) is 75.1 cm³/mol. The van der Waals surface area contributed by atoms with E-state index in [4.69, 9.17) is 9.26 Å². The van der Waals surface area contributed by atoms with Gasteiger partial charge < -0.3 is 19.6 Å². The maximum absolute atomic E-state index is 11.7. The Morgan fingerprint density at radius 3 is 3.04 bits per heavy atom. The zero-order valence-electron chi connectivity index (χ0n) is 11.9. The minimum Gasteiger partial charge on any atom is -0.448 e. The average Bonchev–Trinajstić information content (AvgIpc) is 3.16. The lowest BCUT2D eigenvalue weighted by atomic mass is 10.3. The monoisotopic (exact) mass is 319 g/mol. The first-order valence-electron chi connectivity index (χ1n) is 6.82. The van der Waals surface area contributed by atoms with Gasteiger partial charge in [-0.3, -0.25) is 14.5 Å². The van der Waals surface area contributed by atoms with E-state index in [0.29, 0.717) is 6.54 Å². The van der Waals surface area contributed by atoms with Crippen LogP contribution < -0.4 is 10.9 Å². The summed E-state index contributed by atoms with van der Waals surface area (Å²) in [6.07, 6.45) is 0.986. The molecule has 0 spiro atoms. The standard InChI is InChI=1S/C13H13N5O5/c19-9(7-18-4-5-22-13(18)21)15-6-10-16-11(17-23-10)8-2-1-3-14-12(8)20/h1-3H,4-7H2,(H,14,20)(H,15,19). The molecule has 10 nitrogen and oxygen atoms in total. The van der Waals surface area contributed by atoms with Crippen molar-refractivity contribution >= 4 is 12.0 Å². The number of ether oxygens (including phenoxy) is 1. The summed E-state index contributed by atoms with van der Waals surface area (Å²) in [5.41, 5.74) is -0.0647. The maximum Gasteiger partial charge on any atom is 0.410 e. The highest BCUT2D eigenvalue weighted by atomic mass is 16.6. The van der Waals surface area contributed by atoms with Gasteiger partial charge in [-0.2, -0.15) is 4.98 Å². The zero-order valence-corrected chi connectivity index (χ0v) is 11.9. The molecule has 3 rings (SSSR count). The molecule has 2 aromatic rings. The van der Waals surface area contributed by atoms with Crippen LogP contribution in [0, 0.1) is 0 Å². The number of aromatic amines is 1. The van der Waals surface area contributed by atoms with Gasteiger partial charge in [0.2, 0.25) is 17.6 Å². The van der Waals surface area contributed by atoms with Gasteiger partial charge in [0.25, 0.3) is 5.56 Å². The third-order valence-electron chi connectivity index (χ3n) is 3.14. The Labute approximate surface area is 129 Å². The second-order valence-corrected chi connectivity index (χ2v) is 4.74. The Morgan fingerprint density at radius 1 is 1.43 bits per heavy atom. The van der Waals surface area contributed by atoms with Gasteiger partial charge in [-0.25, -0.2) is 4.79 Å². The normalized spacial score (nSPS) is 13.9. The Morgan fingerprint density at radius 2 is 2.30 bits per heavy atom. The number of hydrogen-bond donors (Lipinski definition) is 2. The molecule has 2 aromatic heterocycles. The van der Waals surface area contributed by atoms with Gasteiger partial charge in [-0.15, -0.1) is 0 Å². The molecule has 0 atom stereocenters. The van der Waals surface area contributed by atoms with Crippen molar-refractivity contribution in [3.05, 3.63) is 34.6 Å². The third kappa shape index (κ3) is 3.36. The van der Waals surface area contributed by atoms with Crippen molar-refractivity contribution in [1.29, 1.82) is 0 Å². The van der Waals surface area contributed by atoms with Crippen LogP contribution in [-0.2, 0) is 16.1 Å². The molecule has 1 fully saturated rings. The second kappa shape index (κ2) is 6.30. The van der Waals surface area contributed by atoms with E-state index in [-0.39, 0.29) is 48.4 Å². The van der Waals surface area contributed by atoms with E-state index in [9.17, 15) is 14.4 Å². The van der Waals surface area contributed by atoms with Crippen LogP contribution in [-0.4, -0.2) is 51.7 Å². The topological polar surface area (TPSA) is 130 Å². The van der Waals surface area contributed by atoms with E-state index in [2.05, 4.69) is 20.4 Å². The SMILES string of the molecule is O=C(CN1CCOC1=O)NCc1nc(-c2ccc[nH]c2=O)no1. The average molecular weight is 319 g/mol. The molecule has 0 saturated carbocycles. The van der Waals surface area contributed by atoms with Gasteiger partial charge >= 0.3 is 6.09 Å². The van der Waals surface area contributed by atoms with E-state index < -0.39 is 6.09 Å². The van der Waals surface area contributed by atoms with Gasteiger partial charge in [0.15, 0.2) is 0 Å². The molecule has 1 aliphatic heterocycles. The van der Waals surface area contributed by atoms with Crippen LogP contribution in [0.5, 0.6) is 0 Å². The molecule has 10 heteroatoms.